The van der Waals surface area contributed by atoms with Gasteiger partial charge in [-0.25, -0.2) is 9.59 Å². The lowest BCUT2D eigenvalue weighted by Gasteiger charge is -2.33. The van der Waals surface area contributed by atoms with E-state index in [1.807, 2.05) is 6.92 Å². The summed E-state index contributed by atoms with van der Waals surface area (Å²) < 4.78 is 10.3. The number of nitrogens with zero attached hydrogens (tertiary/aromatic N) is 2. The Morgan fingerprint density at radius 1 is 1.22 bits per heavy atom. The van der Waals surface area contributed by atoms with Crippen LogP contribution in [0.2, 0.25) is 0 Å². The molecule has 32 heavy (non-hydrogen) atoms. The van der Waals surface area contributed by atoms with Crippen LogP contribution in [0.4, 0.5) is 5.69 Å². The maximum Gasteiger partial charge on any atom is 0.338 e. The second-order valence-electron chi connectivity index (χ2n) is 7.21. The number of carbonyl (C=O) groups excluding carboxylic acids is 3. The van der Waals surface area contributed by atoms with Gasteiger partial charge in [-0.2, -0.15) is 0 Å². The highest BCUT2D eigenvalue weighted by atomic mass is 32.2. The van der Waals surface area contributed by atoms with Crippen LogP contribution < -0.4 is 5.73 Å². The van der Waals surface area contributed by atoms with Crippen LogP contribution in [0.5, 0.6) is 0 Å². The molecule has 2 heterocycles. The third-order valence-electron chi connectivity index (χ3n) is 5.18. The zero-order chi connectivity index (χ0) is 23.6. The average Bonchev–Trinajstić information content (AvgIpc) is 3.07. The van der Waals surface area contributed by atoms with Crippen molar-refractivity contribution < 1.29 is 28.8 Å². The molecule has 1 saturated heterocycles. The zero-order valence-corrected chi connectivity index (χ0v) is 18.6. The third-order valence-corrected chi connectivity index (χ3v) is 6.36. The Balaban J connectivity index is 2.21. The molecule has 1 aromatic carbocycles. The number of fused-ring (bicyclic) bond motifs is 1. The van der Waals surface area contributed by atoms with Crippen LogP contribution in [-0.4, -0.2) is 46.6 Å². The van der Waals surface area contributed by atoms with Crippen LogP contribution in [0, 0.1) is 10.1 Å². The molecule has 2 atom stereocenters. The van der Waals surface area contributed by atoms with Crippen molar-refractivity contribution in [2.24, 2.45) is 5.73 Å². The molecule has 170 valence electrons. The Morgan fingerprint density at radius 2 is 1.88 bits per heavy atom. The molecule has 2 unspecified atom stereocenters. The number of methoxy groups -OCH3 is 1. The first-order chi connectivity index (χ1) is 15.2. The van der Waals surface area contributed by atoms with Crippen molar-refractivity contribution >= 4 is 35.3 Å². The number of nitrogens with two attached hydrogens (primary N) is 1. The summed E-state index contributed by atoms with van der Waals surface area (Å²) in [6.07, 6.45) is 1.42. The minimum absolute atomic E-state index is 0.0562. The summed E-state index contributed by atoms with van der Waals surface area (Å²) in [4.78, 5) is 50.4. The van der Waals surface area contributed by atoms with Gasteiger partial charge in [0, 0.05) is 12.1 Å². The quantitative estimate of drug-likeness (QED) is 0.280. The Morgan fingerprint density at radius 3 is 2.44 bits per heavy atom. The van der Waals surface area contributed by atoms with Gasteiger partial charge in [0.2, 0.25) is 5.91 Å². The Hall–Kier alpha value is -3.34. The maximum absolute atomic E-state index is 13.1. The van der Waals surface area contributed by atoms with E-state index in [0.29, 0.717) is 12.0 Å². The maximum atomic E-state index is 13.1. The van der Waals surface area contributed by atoms with Gasteiger partial charge in [0.15, 0.2) is 0 Å². The van der Waals surface area contributed by atoms with Crippen LogP contribution >= 0.6 is 11.8 Å². The standard InChI is InChI=1S/C21H23N3O7S/c1-4-5-10-31-21(27)15-14(12-6-8-13(9-7-12)24(28)29)16(20(26)30-3)19-23(17(15)22)18(25)11(2)32-19/h6-9,11,14H,4-5,10,22H2,1-3H3. The van der Waals surface area contributed by atoms with Crippen molar-refractivity contribution in [3.8, 4) is 0 Å². The number of ether oxygens (including phenoxy) is 2. The van der Waals surface area contributed by atoms with Gasteiger partial charge in [0.25, 0.3) is 5.69 Å². The second kappa shape index (κ2) is 9.43. The molecule has 1 amide bonds. The summed E-state index contributed by atoms with van der Waals surface area (Å²) in [6, 6.07) is 5.43. The van der Waals surface area contributed by atoms with Gasteiger partial charge in [-0.15, -0.1) is 0 Å². The van der Waals surface area contributed by atoms with E-state index in [9.17, 15) is 24.5 Å². The van der Waals surface area contributed by atoms with Gasteiger partial charge >= 0.3 is 11.9 Å². The van der Waals surface area contributed by atoms with Gasteiger partial charge in [0.1, 0.15) is 5.82 Å². The molecule has 0 aliphatic carbocycles. The number of nitro benzene ring substituents is 1. The number of unbranched alkanes of at least 4 members (excludes halogenated alkanes) is 1. The monoisotopic (exact) mass is 461 g/mol. The molecule has 0 aromatic heterocycles. The fourth-order valence-corrected chi connectivity index (χ4v) is 4.71. The van der Waals surface area contributed by atoms with Crippen molar-refractivity contribution in [1.29, 1.82) is 0 Å². The molecule has 0 saturated carbocycles. The van der Waals surface area contributed by atoms with E-state index in [1.54, 1.807) is 6.92 Å². The largest absolute Gasteiger partial charge is 0.466 e. The Kier molecular flexibility index (Phi) is 6.87. The van der Waals surface area contributed by atoms with E-state index in [0.717, 1.165) is 23.1 Å². The van der Waals surface area contributed by atoms with Crippen LogP contribution in [0.3, 0.4) is 0 Å². The summed E-state index contributed by atoms with van der Waals surface area (Å²) in [6.45, 7) is 3.75. The molecule has 2 aliphatic rings. The zero-order valence-electron chi connectivity index (χ0n) is 17.8. The number of benzene rings is 1. The summed E-state index contributed by atoms with van der Waals surface area (Å²) in [5.41, 5.74) is 6.54. The number of non-ortho nitro benzene ring substituents is 1. The number of esters is 2. The molecular formula is C21H23N3O7S. The van der Waals surface area contributed by atoms with E-state index in [2.05, 4.69) is 0 Å². The molecule has 0 spiro atoms. The van der Waals surface area contributed by atoms with Crippen LogP contribution in [0.15, 0.2) is 46.3 Å². The van der Waals surface area contributed by atoms with Gasteiger partial charge < -0.3 is 15.2 Å². The lowest BCUT2D eigenvalue weighted by atomic mass is 9.82. The number of carbonyl (C=O) groups is 3. The average molecular weight is 461 g/mol. The molecule has 1 fully saturated rings. The third kappa shape index (κ3) is 4.07. The molecule has 1 aromatic rings. The first-order valence-electron chi connectivity index (χ1n) is 9.97. The highest BCUT2D eigenvalue weighted by molar-refractivity contribution is 8.04. The van der Waals surface area contributed by atoms with E-state index in [4.69, 9.17) is 15.2 Å². The molecule has 3 rings (SSSR count). The van der Waals surface area contributed by atoms with Gasteiger partial charge in [-0.3, -0.25) is 19.8 Å². The fourth-order valence-electron chi connectivity index (χ4n) is 3.55. The minimum atomic E-state index is -1.02. The van der Waals surface area contributed by atoms with E-state index >= 15 is 0 Å². The van der Waals surface area contributed by atoms with Crippen molar-refractivity contribution in [3.63, 3.8) is 0 Å². The summed E-state index contributed by atoms with van der Waals surface area (Å²) in [5, 5.41) is 10.8. The molecule has 0 radical (unpaired) electrons. The van der Waals surface area contributed by atoms with Gasteiger partial charge in [-0.05, 0) is 18.9 Å². The normalized spacial score (nSPS) is 20.3. The van der Waals surface area contributed by atoms with E-state index in [1.165, 1.54) is 31.4 Å². The summed E-state index contributed by atoms with van der Waals surface area (Å²) >= 11 is 1.14. The van der Waals surface area contributed by atoms with Crippen molar-refractivity contribution in [2.45, 2.75) is 37.9 Å². The van der Waals surface area contributed by atoms with Crippen LogP contribution in [0.25, 0.3) is 0 Å². The van der Waals surface area contributed by atoms with Gasteiger partial charge in [0.05, 0.1) is 46.0 Å². The minimum Gasteiger partial charge on any atom is -0.466 e. The second-order valence-corrected chi connectivity index (χ2v) is 8.54. The number of nitro groups is 1. The smallest absolute Gasteiger partial charge is 0.338 e. The van der Waals surface area contributed by atoms with E-state index in [-0.39, 0.29) is 40.2 Å². The topological polar surface area (TPSA) is 142 Å². The van der Waals surface area contributed by atoms with Gasteiger partial charge in [-0.1, -0.05) is 37.2 Å². The molecule has 2 N–H and O–H groups in total. The van der Waals surface area contributed by atoms with Crippen molar-refractivity contribution in [1.82, 2.24) is 4.90 Å². The van der Waals surface area contributed by atoms with Crippen LogP contribution in [0.1, 0.15) is 38.2 Å². The lowest BCUT2D eigenvalue weighted by Crippen LogP contribution is -2.40. The molecular weight excluding hydrogens is 438 g/mol. The number of hydrogen-bond donors (Lipinski definition) is 1. The first-order valence-corrected chi connectivity index (χ1v) is 10.8. The molecule has 2 aliphatic heterocycles. The Labute approximate surface area is 188 Å². The molecule has 10 nitrogen and oxygen atoms in total. The number of rotatable bonds is 7. The molecule has 11 heteroatoms. The SMILES string of the molecule is CCCCOC(=O)C1=C(N)N2C(=O)C(C)SC2=C(C(=O)OC)C1c1ccc([N+](=O)[O-])cc1. The fraction of sp³-hybridized carbons (Fsp3) is 0.381. The summed E-state index contributed by atoms with van der Waals surface area (Å²) in [7, 11) is 1.19. The first kappa shape index (κ1) is 23.3. The Bertz CT molecular complexity index is 1030. The number of hydrogen-bond acceptors (Lipinski definition) is 9. The summed E-state index contributed by atoms with van der Waals surface area (Å²) in [5.74, 6) is -3.02. The number of thioether (sulfide) groups is 1. The van der Waals surface area contributed by atoms with Crippen molar-refractivity contribution in [2.75, 3.05) is 13.7 Å². The highest BCUT2D eigenvalue weighted by Crippen LogP contribution is 2.49. The molecule has 0 bridgehead atoms. The van der Waals surface area contributed by atoms with Crippen molar-refractivity contribution in [3.05, 3.63) is 61.9 Å². The van der Waals surface area contributed by atoms with E-state index < -0.39 is 28.0 Å². The predicted octanol–water partition coefficient (Wildman–Crippen LogP) is 2.55. The number of amides is 1. The predicted molar refractivity (Wildman–Crippen MR) is 116 cm³/mol. The lowest BCUT2D eigenvalue weighted by molar-refractivity contribution is -0.384. The van der Waals surface area contributed by atoms with Crippen LogP contribution in [-0.2, 0) is 23.9 Å². The highest BCUT2D eigenvalue weighted by Gasteiger charge is 2.49.